The average molecular weight is 190 g/mol. The van der Waals surface area contributed by atoms with Crippen molar-refractivity contribution in [2.75, 3.05) is 0 Å². The summed E-state index contributed by atoms with van der Waals surface area (Å²) in [4.78, 5) is 0. The fourth-order valence-corrected chi connectivity index (χ4v) is 1.10. The van der Waals surface area contributed by atoms with Crippen LogP contribution in [-0.2, 0) is 0 Å². The fraction of sp³-hybridized carbons (Fsp3) is 0.429. The van der Waals surface area contributed by atoms with Crippen molar-refractivity contribution in [1.29, 1.82) is 0 Å². The highest BCUT2D eigenvalue weighted by Crippen LogP contribution is 2.16. The van der Waals surface area contributed by atoms with Gasteiger partial charge < -0.3 is 0 Å². The number of rotatable bonds is 4. The maximum atomic E-state index is 2.22. The van der Waals surface area contributed by atoms with Crippen LogP contribution in [0.4, 0.5) is 0 Å². The van der Waals surface area contributed by atoms with Crippen LogP contribution in [0.25, 0.3) is 0 Å². The zero-order valence-electron chi connectivity index (χ0n) is 10.0. The molecule has 0 heterocycles. The van der Waals surface area contributed by atoms with Crippen LogP contribution in [0.5, 0.6) is 0 Å². The van der Waals surface area contributed by atoms with Gasteiger partial charge in [-0.05, 0) is 32.3 Å². The molecular formula is C14H22. The van der Waals surface area contributed by atoms with Crippen molar-refractivity contribution >= 4 is 0 Å². The molecule has 0 unspecified atom stereocenters. The number of allylic oxidation sites excluding steroid dienone is 8. The highest BCUT2D eigenvalue weighted by atomic mass is 14.0. The van der Waals surface area contributed by atoms with Crippen LogP contribution in [-0.4, -0.2) is 0 Å². The van der Waals surface area contributed by atoms with Gasteiger partial charge in [0.1, 0.15) is 0 Å². The minimum Gasteiger partial charge on any atom is -0.0877 e. The van der Waals surface area contributed by atoms with E-state index in [4.69, 9.17) is 0 Å². The molecule has 14 heavy (non-hydrogen) atoms. The summed E-state index contributed by atoms with van der Waals surface area (Å²) in [5.74, 6) is 0.608. The summed E-state index contributed by atoms with van der Waals surface area (Å²) in [6.07, 6.45) is 12.6. The molecule has 0 atom stereocenters. The summed E-state index contributed by atoms with van der Waals surface area (Å²) in [6, 6.07) is 0. The summed E-state index contributed by atoms with van der Waals surface area (Å²) in [7, 11) is 0. The Kier molecular flexibility index (Phi) is 6.82. The Morgan fingerprint density at radius 2 is 1.57 bits per heavy atom. The fourth-order valence-electron chi connectivity index (χ4n) is 1.10. The van der Waals surface area contributed by atoms with Gasteiger partial charge in [0.25, 0.3) is 0 Å². The first-order valence-corrected chi connectivity index (χ1v) is 5.26. The Hall–Kier alpha value is -1.04. The average Bonchev–Trinajstić information content (AvgIpc) is 2.15. The molecule has 0 amide bonds. The predicted molar refractivity (Wildman–Crippen MR) is 66.3 cm³/mol. The molecular weight excluding hydrogens is 168 g/mol. The number of hydrogen-bond acceptors (Lipinski definition) is 0. The summed E-state index contributed by atoms with van der Waals surface area (Å²) in [5, 5.41) is 0. The van der Waals surface area contributed by atoms with E-state index in [-0.39, 0.29) is 0 Å². The molecule has 0 aliphatic carbocycles. The molecule has 0 aromatic heterocycles. The Labute approximate surface area is 88.7 Å². The van der Waals surface area contributed by atoms with Crippen LogP contribution in [0.2, 0.25) is 0 Å². The lowest BCUT2D eigenvalue weighted by molar-refractivity contribution is 0.764. The molecule has 0 heteroatoms. The third-order valence-corrected chi connectivity index (χ3v) is 2.25. The quantitative estimate of drug-likeness (QED) is 0.565. The molecule has 0 aromatic rings. The van der Waals surface area contributed by atoms with Crippen molar-refractivity contribution < 1.29 is 0 Å². The zero-order valence-corrected chi connectivity index (χ0v) is 10.0. The van der Waals surface area contributed by atoms with E-state index in [0.29, 0.717) is 5.92 Å². The topological polar surface area (TPSA) is 0 Å². The van der Waals surface area contributed by atoms with Gasteiger partial charge in [0.15, 0.2) is 0 Å². The van der Waals surface area contributed by atoms with Crippen LogP contribution >= 0.6 is 0 Å². The molecule has 0 aliphatic heterocycles. The van der Waals surface area contributed by atoms with Gasteiger partial charge in [0, 0.05) is 0 Å². The third kappa shape index (κ3) is 4.86. The Morgan fingerprint density at radius 3 is 2.00 bits per heavy atom. The van der Waals surface area contributed by atoms with Crippen LogP contribution in [0.15, 0.2) is 47.6 Å². The molecule has 0 aromatic carbocycles. The van der Waals surface area contributed by atoms with Gasteiger partial charge in [-0.3, -0.25) is 0 Å². The van der Waals surface area contributed by atoms with E-state index in [1.807, 2.05) is 13.0 Å². The second-order valence-corrected chi connectivity index (χ2v) is 3.68. The van der Waals surface area contributed by atoms with Crippen molar-refractivity contribution in [2.45, 2.75) is 34.6 Å². The number of hydrogen-bond donors (Lipinski definition) is 0. The maximum Gasteiger partial charge on any atom is -0.0254 e. The van der Waals surface area contributed by atoms with Crippen molar-refractivity contribution in [3.05, 3.63) is 47.6 Å². The summed E-state index contributed by atoms with van der Waals surface area (Å²) < 4.78 is 0. The van der Waals surface area contributed by atoms with Crippen molar-refractivity contribution in [3.8, 4) is 0 Å². The molecule has 78 valence electrons. The maximum absolute atomic E-state index is 2.22. The SMILES string of the molecule is C\C=C/C=C\C(\C=C/C)=C(\C)C(C)C. The molecule has 0 saturated heterocycles. The lowest BCUT2D eigenvalue weighted by Crippen LogP contribution is -1.92. The van der Waals surface area contributed by atoms with Crippen molar-refractivity contribution in [1.82, 2.24) is 0 Å². The highest BCUT2D eigenvalue weighted by molar-refractivity contribution is 5.36. The van der Waals surface area contributed by atoms with Gasteiger partial charge in [0.2, 0.25) is 0 Å². The zero-order chi connectivity index (χ0) is 11.0. The van der Waals surface area contributed by atoms with Crippen LogP contribution in [0.1, 0.15) is 34.6 Å². The van der Waals surface area contributed by atoms with E-state index in [0.717, 1.165) is 0 Å². The van der Waals surface area contributed by atoms with Gasteiger partial charge in [-0.2, -0.15) is 0 Å². The van der Waals surface area contributed by atoms with Gasteiger partial charge in [-0.1, -0.05) is 55.9 Å². The molecule has 0 fully saturated rings. The van der Waals surface area contributed by atoms with Crippen molar-refractivity contribution in [3.63, 3.8) is 0 Å². The predicted octanol–water partition coefficient (Wildman–Crippen LogP) is 4.67. The Balaban J connectivity index is 4.85. The summed E-state index contributed by atoms with van der Waals surface area (Å²) in [5.41, 5.74) is 2.75. The molecule has 0 rings (SSSR count). The molecule has 0 nitrogen and oxygen atoms in total. The minimum atomic E-state index is 0.608. The van der Waals surface area contributed by atoms with Crippen molar-refractivity contribution in [2.24, 2.45) is 5.92 Å². The van der Waals surface area contributed by atoms with Gasteiger partial charge >= 0.3 is 0 Å². The Bertz CT molecular complexity index is 260. The lowest BCUT2D eigenvalue weighted by Gasteiger charge is -2.08. The standard InChI is InChI=1S/C14H22/c1-6-8-9-11-14(10-7-2)13(5)12(3)4/h6-12H,1-5H3/b8-6-,10-7-,11-9-,14-13-. The molecule has 0 aliphatic rings. The van der Waals surface area contributed by atoms with E-state index >= 15 is 0 Å². The first-order chi connectivity index (χ1) is 6.63. The van der Waals surface area contributed by atoms with E-state index in [2.05, 4.69) is 58.1 Å². The molecule has 0 radical (unpaired) electrons. The van der Waals surface area contributed by atoms with Crippen LogP contribution in [0.3, 0.4) is 0 Å². The van der Waals surface area contributed by atoms with Gasteiger partial charge in [-0.25, -0.2) is 0 Å². The lowest BCUT2D eigenvalue weighted by atomic mass is 9.98. The summed E-state index contributed by atoms with van der Waals surface area (Å²) >= 11 is 0. The van der Waals surface area contributed by atoms with E-state index in [1.54, 1.807) is 0 Å². The molecule has 0 N–H and O–H groups in total. The Morgan fingerprint density at radius 1 is 0.929 bits per heavy atom. The minimum absolute atomic E-state index is 0.608. The largest absolute Gasteiger partial charge is 0.0877 e. The first kappa shape index (κ1) is 13.0. The third-order valence-electron chi connectivity index (χ3n) is 2.25. The molecule has 0 saturated carbocycles. The summed E-state index contributed by atoms with van der Waals surface area (Å²) in [6.45, 7) is 10.7. The van der Waals surface area contributed by atoms with Crippen LogP contribution in [0, 0.1) is 5.92 Å². The van der Waals surface area contributed by atoms with E-state index in [1.165, 1.54) is 11.1 Å². The molecule has 0 bridgehead atoms. The second kappa shape index (κ2) is 7.37. The normalized spacial score (nSPS) is 15.0. The van der Waals surface area contributed by atoms with Gasteiger partial charge in [-0.15, -0.1) is 0 Å². The second-order valence-electron chi connectivity index (χ2n) is 3.68. The monoisotopic (exact) mass is 190 g/mol. The van der Waals surface area contributed by atoms with E-state index in [9.17, 15) is 0 Å². The smallest absolute Gasteiger partial charge is 0.0254 e. The highest BCUT2D eigenvalue weighted by Gasteiger charge is 1.99. The van der Waals surface area contributed by atoms with Crippen LogP contribution < -0.4 is 0 Å². The molecule has 0 spiro atoms. The van der Waals surface area contributed by atoms with E-state index < -0.39 is 0 Å². The first-order valence-electron chi connectivity index (χ1n) is 5.26. The van der Waals surface area contributed by atoms with Gasteiger partial charge in [0.05, 0.1) is 0 Å².